The predicted octanol–water partition coefficient (Wildman–Crippen LogP) is 5.04. The second-order valence-corrected chi connectivity index (χ2v) is 6.59. The van der Waals surface area contributed by atoms with Crippen molar-refractivity contribution in [3.63, 3.8) is 0 Å². The number of amides is 1. The van der Waals surface area contributed by atoms with Crippen LogP contribution < -0.4 is 5.32 Å². The Balaban J connectivity index is 2.06. The molecule has 0 aliphatic heterocycles. The van der Waals surface area contributed by atoms with E-state index in [0.29, 0.717) is 12.1 Å². The highest BCUT2D eigenvalue weighted by Crippen LogP contribution is 2.21. The van der Waals surface area contributed by atoms with E-state index in [1.807, 2.05) is 30.3 Å². The van der Waals surface area contributed by atoms with Crippen molar-refractivity contribution in [1.29, 1.82) is 0 Å². The third kappa shape index (κ3) is 4.17. The van der Waals surface area contributed by atoms with Crippen molar-refractivity contribution >= 4 is 53.7 Å². The zero-order valence-electron chi connectivity index (χ0n) is 10.5. The predicted molar refractivity (Wildman–Crippen MR) is 92.1 cm³/mol. The first kappa shape index (κ1) is 15.7. The van der Waals surface area contributed by atoms with Gasteiger partial charge in [-0.3, -0.25) is 4.79 Å². The molecule has 0 spiro atoms. The topological polar surface area (TPSA) is 29.1 Å². The van der Waals surface area contributed by atoms with E-state index in [1.54, 1.807) is 6.07 Å². The van der Waals surface area contributed by atoms with E-state index in [9.17, 15) is 4.79 Å². The number of rotatable bonds is 4. The number of carbonyl (C=O) groups excluding carboxylic acids is 1. The van der Waals surface area contributed by atoms with Gasteiger partial charge in [-0.05, 0) is 45.3 Å². The molecular weight excluding hydrogens is 450 g/mol. The van der Waals surface area contributed by atoms with E-state index in [1.165, 1.54) is 5.56 Å². The van der Waals surface area contributed by atoms with Gasteiger partial charge >= 0.3 is 0 Å². The summed E-state index contributed by atoms with van der Waals surface area (Å²) in [5.41, 5.74) is 2.90. The van der Waals surface area contributed by atoms with Crippen LogP contribution in [0.2, 0.25) is 0 Å². The lowest BCUT2D eigenvalue weighted by atomic mass is 10.1. The molecule has 2 nitrogen and oxygen atoms in total. The molecule has 5 heteroatoms. The number of hydrogen-bond acceptors (Lipinski definition) is 1. The second kappa shape index (κ2) is 7.38. The molecule has 0 aliphatic carbocycles. The molecule has 104 valence electrons. The minimum Gasteiger partial charge on any atom is -0.348 e. The van der Waals surface area contributed by atoms with Crippen molar-refractivity contribution in [2.24, 2.45) is 0 Å². The fourth-order valence-electron chi connectivity index (χ4n) is 1.77. The Labute approximate surface area is 143 Å². The van der Waals surface area contributed by atoms with Crippen LogP contribution in [0.15, 0.2) is 51.4 Å². The van der Waals surface area contributed by atoms with Crippen LogP contribution in [0.1, 0.15) is 21.5 Å². The third-order valence-corrected chi connectivity index (χ3v) is 4.60. The van der Waals surface area contributed by atoms with Gasteiger partial charge in [0.2, 0.25) is 0 Å². The molecule has 0 fully saturated rings. The highest BCUT2D eigenvalue weighted by molar-refractivity contribution is 9.11. The highest BCUT2D eigenvalue weighted by atomic mass is 79.9. The van der Waals surface area contributed by atoms with Gasteiger partial charge in [-0.2, -0.15) is 0 Å². The summed E-state index contributed by atoms with van der Waals surface area (Å²) in [7, 11) is 0. The van der Waals surface area contributed by atoms with E-state index in [-0.39, 0.29) is 5.91 Å². The lowest BCUT2D eigenvalue weighted by Crippen LogP contribution is -2.23. The van der Waals surface area contributed by atoms with Crippen LogP contribution in [0.5, 0.6) is 0 Å². The van der Waals surface area contributed by atoms with E-state index < -0.39 is 0 Å². The zero-order chi connectivity index (χ0) is 14.5. The van der Waals surface area contributed by atoms with Crippen LogP contribution in [0.4, 0.5) is 0 Å². The lowest BCUT2D eigenvalue weighted by molar-refractivity contribution is 0.0950. The van der Waals surface area contributed by atoms with E-state index in [2.05, 4.69) is 59.2 Å². The monoisotopic (exact) mass is 459 g/mol. The van der Waals surface area contributed by atoms with Gasteiger partial charge in [0, 0.05) is 20.8 Å². The molecule has 0 unspecified atom stereocenters. The second-order valence-electron chi connectivity index (χ2n) is 4.26. The summed E-state index contributed by atoms with van der Waals surface area (Å²) < 4.78 is 1.67. The van der Waals surface area contributed by atoms with Gasteiger partial charge in [-0.15, -0.1) is 0 Å². The molecular formula is C15H12Br3NO. The molecule has 0 bridgehead atoms. The quantitative estimate of drug-likeness (QED) is 0.635. The van der Waals surface area contributed by atoms with E-state index >= 15 is 0 Å². The molecule has 0 aromatic heterocycles. The molecule has 0 atom stereocenters. The number of carbonyl (C=O) groups is 1. The van der Waals surface area contributed by atoms with Crippen LogP contribution >= 0.6 is 47.8 Å². The maximum absolute atomic E-state index is 12.2. The largest absolute Gasteiger partial charge is 0.348 e. The molecule has 2 aromatic rings. The standard InChI is InChI=1S/C15H12Br3NO/c16-8-10-2-1-3-11(6-10)9-19-15(20)13-7-12(17)4-5-14(13)18/h1-7H,8-9H2,(H,19,20). The number of alkyl halides is 1. The van der Waals surface area contributed by atoms with Crippen molar-refractivity contribution in [1.82, 2.24) is 5.32 Å². The number of halogens is 3. The zero-order valence-corrected chi connectivity index (χ0v) is 15.3. The molecule has 1 amide bonds. The number of benzene rings is 2. The molecule has 0 saturated heterocycles. The number of nitrogens with one attached hydrogen (secondary N) is 1. The average molecular weight is 462 g/mol. The van der Waals surface area contributed by atoms with Gasteiger partial charge in [0.1, 0.15) is 0 Å². The van der Waals surface area contributed by atoms with Gasteiger partial charge in [0.15, 0.2) is 0 Å². The van der Waals surface area contributed by atoms with Crippen molar-refractivity contribution in [3.05, 3.63) is 68.1 Å². The van der Waals surface area contributed by atoms with Crippen LogP contribution in [0.3, 0.4) is 0 Å². The van der Waals surface area contributed by atoms with Gasteiger partial charge in [-0.1, -0.05) is 56.1 Å². The maximum atomic E-state index is 12.2. The first-order valence-electron chi connectivity index (χ1n) is 5.97. The Hall–Kier alpha value is -0.650. The summed E-state index contributed by atoms with van der Waals surface area (Å²) in [6, 6.07) is 13.7. The van der Waals surface area contributed by atoms with Crippen molar-refractivity contribution in [2.75, 3.05) is 0 Å². The first-order chi connectivity index (χ1) is 9.60. The van der Waals surface area contributed by atoms with Gasteiger partial charge in [0.25, 0.3) is 5.91 Å². The van der Waals surface area contributed by atoms with Gasteiger partial charge in [-0.25, -0.2) is 0 Å². The van der Waals surface area contributed by atoms with Gasteiger partial charge in [0.05, 0.1) is 5.56 Å². The summed E-state index contributed by atoms with van der Waals surface area (Å²) in [5.74, 6) is -0.0950. The molecule has 0 radical (unpaired) electrons. The Morgan fingerprint density at radius 2 is 1.80 bits per heavy atom. The maximum Gasteiger partial charge on any atom is 0.252 e. The fourth-order valence-corrected chi connectivity index (χ4v) is 2.91. The molecule has 0 saturated carbocycles. The fraction of sp³-hybridized carbons (Fsp3) is 0.133. The normalized spacial score (nSPS) is 10.3. The smallest absolute Gasteiger partial charge is 0.252 e. The molecule has 1 N–H and O–H groups in total. The Kier molecular flexibility index (Phi) is 5.81. The molecule has 0 aliphatic rings. The van der Waals surface area contributed by atoms with E-state index in [0.717, 1.165) is 19.8 Å². The third-order valence-electron chi connectivity index (χ3n) is 2.77. The van der Waals surface area contributed by atoms with Crippen LogP contribution in [0.25, 0.3) is 0 Å². The molecule has 0 heterocycles. The summed E-state index contributed by atoms with van der Waals surface area (Å²) >= 11 is 10.2. The summed E-state index contributed by atoms with van der Waals surface area (Å²) in [5, 5.41) is 3.74. The summed E-state index contributed by atoms with van der Waals surface area (Å²) in [6.45, 7) is 0.513. The van der Waals surface area contributed by atoms with Crippen molar-refractivity contribution in [3.8, 4) is 0 Å². The highest BCUT2D eigenvalue weighted by Gasteiger charge is 2.10. The van der Waals surface area contributed by atoms with Crippen LogP contribution in [-0.4, -0.2) is 5.91 Å². The SMILES string of the molecule is O=C(NCc1cccc(CBr)c1)c1cc(Br)ccc1Br. The van der Waals surface area contributed by atoms with E-state index in [4.69, 9.17) is 0 Å². The minimum absolute atomic E-state index is 0.0950. The van der Waals surface area contributed by atoms with Crippen LogP contribution in [-0.2, 0) is 11.9 Å². The Bertz CT molecular complexity index is 628. The van der Waals surface area contributed by atoms with Crippen LogP contribution in [0, 0.1) is 0 Å². The first-order valence-corrected chi connectivity index (χ1v) is 8.68. The Morgan fingerprint density at radius 3 is 2.55 bits per heavy atom. The molecule has 2 aromatic carbocycles. The Morgan fingerprint density at radius 1 is 1.05 bits per heavy atom. The molecule has 20 heavy (non-hydrogen) atoms. The average Bonchev–Trinajstić information content (AvgIpc) is 2.47. The summed E-state index contributed by atoms with van der Waals surface area (Å²) in [6.07, 6.45) is 0. The van der Waals surface area contributed by atoms with Gasteiger partial charge < -0.3 is 5.32 Å². The minimum atomic E-state index is -0.0950. The van der Waals surface area contributed by atoms with Crippen molar-refractivity contribution < 1.29 is 4.79 Å². The molecule has 2 rings (SSSR count). The lowest BCUT2D eigenvalue weighted by Gasteiger charge is -2.08. The van der Waals surface area contributed by atoms with Crippen molar-refractivity contribution in [2.45, 2.75) is 11.9 Å². The number of hydrogen-bond donors (Lipinski definition) is 1. The summed E-state index contributed by atoms with van der Waals surface area (Å²) in [4.78, 5) is 12.2.